The highest BCUT2D eigenvalue weighted by atomic mass is 32.1. The summed E-state index contributed by atoms with van der Waals surface area (Å²) in [7, 11) is 1.57. The first-order valence-corrected chi connectivity index (χ1v) is 12.4. The zero-order chi connectivity index (χ0) is 24.6. The number of hydrogen-bond donors (Lipinski definition) is 1. The van der Waals surface area contributed by atoms with Gasteiger partial charge in [-0.05, 0) is 37.0 Å². The van der Waals surface area contributed by atoms with E-state index in [1.54, 1.807) is 35.2 Å². The lowest BCUT2D eigenvalue weighted by Gasteiger charge is -2.13. The van der Waals surface area contributed by atoms with E-state index in [4.69, 9.17) is 9.47 Å². The molecule has 0 spiro atoms. The second kappa shape index (κ2) is 9.34. The van der Waals surface area contributed by atoms with E-state index in [0.717, 1.165) is 23.8 Å². The molecular formula is C23H19F3N4O3S2. The van der Waals surface area contributed by atoms with Crippen molar-refractivity contribution < 1.29 is 27.4 Å². The van der Waals surface area contributed by atoms with Gasteiger partial charge in [-0.1, -0.05) is 12.1 Å². The molecular weight excluding hydrogens is 501 g/mol. The number of thiazole rings is 2. The predicted molar refractivity (Wildman–Crippen MR) is 128 cm³/mol. The molecule has 0 radical (unpaired) electrons. The van der Waals surface area contributed by atoms with E-state index in [1.165, 1.54) is 11.3 Å². The Morgan fingerprint density at radius 1 is 1.26 bits per heavy atom. The first kappa shape index (κ1) is 23.4. The van der Waals surface area contributed by atoms with Gasteiger partial charge in [0.05, 0.1) is 19.4 Å². The van der Waals surface area contributed by atoms with Gasteiger partial charge in [-0.2, -0.15) is 13.2 Å². The van der Waals surface area contributed by atoms with E-state index in [0.29, 0.717) is 46.0 Å². The number of imidazole rings is 1. The maximum atomic E-state index is 13.1. The molecule has 3 heterocycles. The van der Waals surface area contributed by atoms with Crippen molar-refractivity contribution in [3.8, 4) is 11.5 Å². The summed E-state index contributed by atoms with van der Waals surface area (Å²) in [5.41, 5.74) is 0.244. The Morgan fingerprint density at radius 3 is 2.80 bits per heavy atom. The van der Waals surface area contributed by atoms with Gasteiger partial charge in [-0.25, -0.2) is 9.97 Å². The molecule has 182 valence electrons. The molecule has 1 aliphatic rings. The third-order valence-corrected chi connectivity index (χ3v) is 6.84. The first-order chi connectivity index (χ1) is 16.8. The second-order valence-corrected chi connectivity index (χ2v) is 9.59. The Kier molecular flexibility index (Phi) is 6.24. The van der Waals surface area contributed by atoms with Gasteiger partial charge < -0.3 is 9.47 Å². The van der Waals surface area contributed by atoms with Gasteiger partial charge in [0.15, 0.2) is 27.3 Å². The van der Waals surface area contributed by atoms with Crippen LogP contribution in [-0.2, 0) is 6.18 Å². The Labute approximate surface area is 205 Å². The maximum Gasteiger partial charge on any atom is 0.434 e. The molecule has 12 heteroatoms. The summed E-state index contributed by atoms with van der Waals surface area (Å²) in [5.74, 6) is 1.14. The van der Waals surface area contributed by atoms with Crippen molar-refractivity contribution in [2.75, 3.05) is 19.0 Å². The van der Waals surface area contributed by atoms with Crippen molar-refractivity contribution in [2.24, 2.45) is 5.92 Å². The number of nitrogens with zero attached hydrogens (tertiary/aromatic N) is 3. The molecule has 1 amide bonds. The number of para-hydroxylation sites is 1. The Balaban J connectivity index is 1.45. The number of nitrogens with one attached hydrogen (secondary N) is 1. The molecule has 3 aromatic heterocycles. The van der Waals surface area contributed by atoms with E-state index >= 15 is 0 Å². The predicted octanol–water partition coefficient (Wildman–Crippen LogP) is 6.09. The molecule has 35 heavy (non-hydrogen) atoms. The minimum atomic E-state index is -4.58. The van der Waals surface area contributed by atoms with Crippen LogP contribution in [0.2, 0.25) is 0 Å². The average Bonchev–Trinajstić information content (AvgIpc) is 3.17. The highest BCUT2D eigenvalue weighted by molar-refractivity contribution is 7.15. The standard InChI is InChI=1S/C23H19F3N4O3S2/c1-32-16-4-2-3-14(19(16)33-11-13-5-6-13)7-8-15-18(30-9-10-34-22(30)27-15)20(31)29-21-28-17(12-35-21)23(24,25)26/h2-4,7-10,12-13H,5-6,11H2,1H3,(H,28,29,31)/b8-7+. The van der Waals surface area contributed by atoms with Gasteiger partial charge >= 0.3 is 6.18 Å². The lowest BCUT2D eigenvalue weighted by atomic mass is 10.1. The quantitative estimate of drug-likeness (QED) is 0.304. The number of amides is 1. The van der Waals surface area contributed by atoms with Crippen molar-refractivity contribution in [1.29, 1.82) is 0 Å². The minimum absolute atomic E-state index is 0.147. The number of ether oxygens (including phenoxy) is 2. The van der Waals surface area contributed by atoms with Crippen molar-refractivity contribution in [3.63, 3.8) is 0 Å². The van der Waals surface area contributed by atoms with Crippen molar-refractivity contribution >= 4 is 50.8 Å². The van der Waals surface area contributed by atoms with Crippen LogP contribution >= 0.6 is 22.7 Å². The summed E-state index contributed by atoms with van der Waals surface area (Å²) >= 11 is 2.04. The molecule has 0 unspecified atom stereocenters. The van der Waals surface area contributed by atoms with E-state index in [9.17, 15) is 18.0 Å². The first-order valence-electron chi connectivity index (χ1n) is 10.6. The third kappa shape index (κ3) is 5.03. The van der Waals surface area contributed by atoms with Crippen LogP contribution in [-0.4, -0.2) is 34.0 Å². The van der Waals surface area contributed by atoms with Crippen LogP contribution in [0.4, 0.5) is 18.3 Å². The van der Waals surface area contributed by atoms with Crippen LogP contribution < -0.4 is 14.8 Å². The van der Waals surface area contributed by atoms with Crippen LogP contribution in [0.15, 0.2) is 35.2 Å². The van der Waals surface area contributed by atoms with Crippen LogP contribution in [0, 0.1) is 5.92 Å². The molecule has 0 atom stereocenters. The number of aromatic nitrogens is 3. The number of hydrogen-bond acceptors (Lipinski definition) is 7. The largest absolute Gasteiger partial charge is 0.493 e. The number of benzene rings is 1. The molecule has 1 aliphatic carbocycles. The lowest BCUT2D eigenvalue weighted by Crippen LogP contribution is -2.15. The second-order valence-electron chi connectivity index (χ2n) is 7.86. The highest BCUT2D eigenvalue weighted by Gasteiger charge is 2.34. The summed E-state index contributed by atoms with van der Waals surface area (Å²) in [6.07, 6.45) is 2.84. The Bertz CT molecular complexity index is 1400. The highest BCUT2D eigenvalue weighted by Crippen LogP contribution is 2.36. The summed E-state index contributed by atoms with van der Waals surface area (Å²) < 4.78 is 51.7. The molecule has 0 aliphatic heterocycles. The molecule has 4 aromatic rings. The fourth-order valence-corrected chi connectivity index (χ4v) is 4.83. The number of rotatable bonds is 8. The smallest absolute Gasteiger partial charge is 0.434 e. The molecule has 1 saturated carbocycles. The molecule has 0 saturated heterocycles. The summed E-state index contributed by atoms with van der Waals surface area (Å²) in [4.78, 5) is 21.6. The SMILES string of the molecule is COc1cccc(/C=C/c2nc3sccn3c2C(=O)Nc2nc(C(F)(F)F)cs2)c1OCC1CC1. The van der Waals surface area contributed by atoms with Crippen molar-refractivity contribution in [1.82, 2.24) is 14.4 Å². The number of methoxy groups -OCH3 is 1. The van der Waals surface area contributed by atoms with Gasteiger partial charge in [-0.15, -0.1) is 22.7 Å². The van der Waals surface area contributed by atoms with Crippen LogP contribution in [0.25, 0.3) is 17.1 Å². The molecule has 1 fully saturated rings. The van der Waals surface area contributed by atoms with E-state index in [-0.39, 0.29) is 10.8 Å². The number of alkyl halides is 3. The number of carbonyl (C=O) groups is 1. The van der Waals surface area contributed by atoms with Gasteiger partial charge in [0.2, 0.25) is 0 Å². The van der Waals surface area contributed by atoms with E-state index in [1.807, 2.05) is 18.2 Å². The van der Waals surface area contributed by atoms with Crippen LogP contribution in [0.1, 0.15) is 40.3 Å². The molecule has 1 N–H and O–H groups in total. The van der Waals surface area contributed by atoms with Crippen molar-refractivity contribution in [3.05, 3.63) is 57.8 Å². The van der Waals surface area contributed by atoms with Gasteiger partial charge in [0.1, 0.15) is 5.69 Å². The molecule has 5 rings (SSSR count). The molecule has 7 nitrogen and oxygen atoms in total. The Hall–Kier alpha value is -3.38. The molecule has 1 aromatic carbocycles. The van der Waals surface area contributed by atoms with Crippen LogP contribution in [0.3, 0.4) is 0 Å². The fraction of sp³-hybridized carbons (Fsp3) is 0.261. The average molecular weight is 521 g/mol. The summed E-state index contributed by atoms with van der Waals surface area (Å²) in [5, 5.41) is 4.94. The van der Waals surface area contributed by atoms with Gasteiger partial charge in [0, 0.05) is 22.5 Å². The van der Waals surface area contributed by atoms with Gasteiger partial charge in [0.25, 0.3) is 5.91 Å². The summed E-state index contributed by atoms with van der Waals surface area (Å²) in [6, 6.07) is 5.52. The zero-order valence-corrected chi connectivity index (χ0v) is 20.0. The van der Waals surface area contributed by atoms with Gasteiger partial charge in [-0.3, -0.25) is 14.5 Å². The topological polar surface area (TPSA) is 77.8 Å². The number of carbonyl (C=O) groups excluding carboxylic acids is 1. The van der Waals surface area contributed by atoms with Crippen LogP contribution in [0.5, 0.6) is 11.5 Å². The monoisotopic (exact) mass is 520 g/mol. The molecule has 0 bridgehead atoms. The summed E-state index contributed by atoms with van der Waals surface area (Å²) in [6.45, 7) is 0.600. The van der Waals surface area contributed by atoms with E-state index < -0.39 is 17.8 Å². The van der Waals surface area contributed by atoms with Crippen molar-refractivity contribution in [2.45, 2.75) is 19.0 Å². The number of fused-ring (bicyclic) bond motifs is 1. The third-order valence-electron chi connectivity index (χ3n) is 5.33. The normalized spacial score (nSPS) is 14.1. The number of anilines is 1. The van der Waals surface area contributed by atoms with E-state index in [2.05, 4.69) is 15.3 Å². The minimum Gasteiger partial charge on any atom is -0.493 e. The zero-order valence-electron chi connectivity index (χ0n) is 18.3. The Morgan fingerprint density at radius 2 is 2.09 bits per heavy atom. The lowest BCUT2D eigenvalue weighted by molar-refractivity contribution is -0.140. The number of halogens is 3. The fourth-order valence-electron chi connectivity index (χ4n) is 3.40. The maximum absolute atomic E-state index is 13.1.